The van der Waals surface area contributed by atoms with E-state index in [1.165, 1.54) is 11.3 Å². The van der Waals surface area contributed by atoms with Gasteiger partial charge < -0.3 is 4.74 Å². The van der Waals surface area contributed by atoms with Gasteiger partial charge >= 0.3 is 0 Å². The molecule has 3 nitrogen and oxygen atoms in total. The minimum absolute atomic E-state index is 0.0805. The van der Waals surface area contributed by atoms with Crippen LogP contribution in [-0.2, 0) is 4.74 Å². The molecular formula is C11H12O3S. The quantitative estimate of drug-likeness (QED) is 0.583. The minimum Gasteiger partial charge on any atom is -0.381 e. The van der Waals surface area contributed by atoms with Gasteiger partial charge in [-0.25, -0.2) is 0 Å². The Hall–Kier alpha value is -1.00. The zero-order valence-electron chi connectivity index (χ0n) is 8.27. The van der Waals surface area contributed by atoms with Crippen molar-refractivity contribution in [1.82, 2.24) is 0 Å². The fourth-order valence-electron chi connectivity index (χ4n) is 1.71. The molecule has 1 fully saturated rings. The summed E-state index contributed by atoms with van der Waals surface area (Å²) in [6.07, 6.45) is 2.38. The standard InChI is InChI=1S/C11H12O3S/c12-7-9-1-2-10(15-9)11(13)8-3-5-14-6-4-8/h1-2,7-8H,3-6H2. The highest BCUT2D eigenvalue weighted by molar-refractivity contribution is 7.15. The molecule has 0 spiro atoms. The van der Waals surface area contributed by atoms with Crippen LogP contribution >= 0.6 is 11.3 Å². The summed E-state index contributed by atoms with van der Waals surface area (Å²) >= 11 is 1.28. The fourth-order valence-corrected chi connectivity index (χ4v) is 2.55. The molecule has 4 heteroatoms. The summed E-state index contributed by atoms with van der Waals surface area (Å²) in [6, 6.07) is 3.44. The molecule has 0 aliphatic carbocycles. The average molecular weight is 224 g/mol. The SMILES string of the molecule is O=Cc1ccc(C(=O)C2CCOCC2)s1. The van der Waals surface area contributed by atoms with Gasteiger partial charge in [0.25, 0.3) is 0 Å². The van der Waals surface area contributed by atoms with Crippen molar-refractivity contribution in [2.75, 3.05) is 13.2 Å². The Bertz CT molecular complexity index is 364. The van der Waals surface area contributed by atoms with Crippen molar-refractivity contribution in [3.05, 3.63) is 21.9 Å². The molecule has 1 aliphatic heterocycles. The number of thiophene rings is 1. The highest BCUT2D eigenvalue weighted by atomic mass is 32.1. The molecule has 15 heavy (non-hydrogen) atoms. The first-order valence-electron chi connectivity index (χ1n) is 4.98. The number of carbonyl (C=O) groups is 2. The molecule has 2 rings (SSSR count). The highest BCUT2D eigenvalue weighted by Crippen LogP contribution is 2.24. The summed E-state index contributed by atoms with van der Waals surface area (Å²) < 4.78 is 5.21. The van der Waals surface area contributed by atoms with Crippen LogP contribution < -0.4 is 0 Å². The molecule has 0 atom stereocenters. The maximum atomic E-state index is 12.0. The van der Waals surface area contributed by atoms with Gasteiger partial charge in [-0.15, -0.1) is 11.3 Å². The first kappa shape index (κ1) is 10.5. The molecule has 1 aliphatic rings. The van der Waals surface area contributed by atoms with E-state index in [1.807, 2.05) is 0 Å². The number of Topliss-reactive ketones (excluding diaryl/α,β-unsaturated/α-hetero) is 1. The number of carbonyl (C=O) groups excluding carboxylic acids is 2. The molecule has 0 radical (unpaired) electrons. The van der Waals surface area contributed by atoms with Crippen molar-refractivity contribution >= 4 is 23.4 Å². The maximum Gasteiger partial charge on any atom is 0.176 e. The second kappa shape index (κ2) is 4.68. The van der Waals surface area contributed by atoms with E-state index in [2.05, 4.69) is 0 Å². The van der Waals surface area contributed by atoms with Crippen LogP contribution in [0, 0.1) is 5.92 Å². The Morgan fingerprint density at radius 2 is 2.13 bits per heavy atom. The molecule has 0 saturated carbocycles. The third kappa shape index (κ3) is 2.33. The molecule has 80 valence electrons. The van der Waals surface area contributed by atoms with E-state index < -0.39 is 0 Å². The zero-order chi connectivity index (χ0) is 10.7. The van der Waals surface area contributed by atoms with Crippen molar-refractivity contribution in [1.29, 1.82) is 0 Å². The molecule has 0 unspecified atom stereocenters. The maximum absolute atomic E-state index is 12.0. The normalized spacial score (nSPS) is 17.6. The van der Waals surface area contributed by atoms with Gasteiger partial charge in [-0.2, -0.15) is 0 Å². The summed E-state index contributed by atoms with van der Waals surface area (Å²) in [7, 11) is 0. The van der Waals surface area contributed by atoms with Gasteiger partial charge in [0, 0.05) is 19.1 Å². The Labute approximate surface area is 92.1 Å². The zero-order valence-corrected chi connectivity index (χ0v) is 9.09. The molecule has 1 aromatic rings. The molecule has 2 heterocycles. The summed E-state index contributed by atoms with van der Waals surface area (Å²) in [5, 5.41) is 0. The second-order valence-electron chi connectivity index (χ2n) is 3.57. The molecule has 0 bridgehead atoms. The van der Waals surface area contributed by atoms with Crippen LogP contribution in [-0.4, -0.2) is 25.3 Å². The van der Waals surface area contributed by atoms with Crippen LogP contribution in [0.1, 0.15) is 32.2 Å². The minimum atomic E-state index is 0.0805. The molecule has 0 N–H and O–H groups in total. The molecule has 1 aromatic heterocycles. The summed E-state index contributed by atoms with van der Waals surface area (Å²) in [5.41, 5.74) is 0. The fraction of sp³-hybridized carbons (Fsp3) is 0.455. The predicted molar refractivity (Wildman–Crippen MR) is 57.6 cm³/mol. The van der Waals surface area contributed by atoms with Crippen LogP contribution in [0.5, 0.6) is 0 Å². The van der Waals surface area contributed by atoms with Crippen molar-refractivity contribution in [3.8, 4) is 0 Å². The van der Waals surface area contributed by atoms with Crippen LogP contribution in [0.3, 0.4) is 0 Å². The largest absolute Gasteiger partial charge is 0.381 e. The van der Waals surface area contributed by atoms with E-state index in [9.17, 15) is 9.59 Å². The van der Waals surface area contributed by atoms with Crippen molar-refractivity contribution in [2.45, 2.75) is 12.8 Å². The second-order valence-corrected chi connectivity index (χ2v) is 4.69. The van der Waals surface area contributed by atoms with Crippen molar-refractivity contribution in [2.24, 2.45) is 5.92 Å². The van der Waals surface area contributed by atoms with Crippen LogP contribution in [0.25, 0.3) is 0 Å². The smallest absolute Gasteiger partial charge is 0.176 e. The van der Waals surface area contributed by atoms with Gasteiger partial charge in [0.15, 0.2) is 12.1 Å². The van der Waals surface area contributed by atoms with E-state index in [1.54, 1.807) is 12.1 Å². The molecular weight excluding hydrogens is 212 g/mol. The lowest BCUT2D eigenvalue weighted by Gasteiger charge is -2.19. The average Bonchev–Trinajstić information content (AvgIpc) is 2.78. The summed E-state index contributed by atoms with van der Waals surface area (Å²) in [5.74, 6) is 0.244. The number of rotatable bonds is 3. The van der Waals surface area contributed by atoms with E-state index in [-0.39, 0.29) is 11.7 Å². The van der Waals surface area contributed by atoms with E-state index >= 15 is 0 Å². The van der Waals surface area contributed by atoms with E-state index in [0.717, 1.165) is 19.1 Å². The molecule has 1 saturated heterocycles. The van der Waals surface area contributed by atoms with Gasteiger partial charge in [0.2, 0.25) is 0 Å². The lowest BCUT2D eigenvalue weighted by Crippen LogP contribution is -2.22. The predicted octanol–water partition coefficient (Wildman–Crippen LogP) is 2.17. The monoisotopic (exact) mass is 224 g/mol. The van der Waals surface area contributed by atoms with Gasteiger partial charge in [-0.1, -0.05) is 0 Å². The van der Waals surface area contributed by atoms with Crippen LogP contribution in [0.4, 0.5) is 0 Å². The topological polar surface area (TPSA) is 43.4 Å². The summed E-state index contributed by atoms with van der Waals surface area (Å²) in [4.78, 5) is 23.8. The third-order valence-corrected chi connectivity index (χ3v) is 3.60. The van der Waals surface area contributed by atoms with Gasteiger partial charge in [-0.05, 0) is 25.0 Å². The highest BCUT2D eigenvalue weighted by Gasteiger charge is 2.23. The molecule has 0 aromatic carbocycles. The summed E-state index contributed by atoms with van der Waals surface area (Å²) in [6.45, 7) is 1.34. The number of ether oxygens (including phenoxy) is 1. The van der Waals surface area contributed by atoms with E-state index in [0.29, 0.717) is 23.0 Å². The Morgan fingerprint density at radius 1 is 1.40 bits per heavy atom. The third-order valence-electron chi connectivity index (χ3n) is 2.58. The van der Waals surface area contributed by atoms with Crippen molar-refractivity contribution in [3.63, 3.8) is 0 Å². The van der Waals surface area contributed by atoms with Crippen LogP contribution in [0.15, 0.2) is 12.1 Å². The first-order valence-corrected chi connectivity index (χ1v) is 5.80. The lowest BCUT2D eigenvalue weighted by molar-refractivity contribution is 0.0547. The number of aldehydes is 1. The van der Waals surface area contributed by atoms with E-state index in [4.69, 9.17) is 4.74 Å². The lowest BCUT2D eigenvalue weighted by atomic mass is 9.94. The first-order chi connectivity index (χ1) is 7.31. The van der Waals surface area contributed by atoms with Gasteiger partial charge in [-0.3, -0.25) is 9.59 Å². The number of ketones is 1. The van der Waals surface area contributed by atoms with Gasteiger partial charge in [0.1, 0.15) is 0 Å². The van der Waals surface area contributed by atoms with Crippen molar-refractivity contribution < 1.29 is 14.3 Å². The Balaban J connectivity index is 2.08. The molecule has 0 amide bonds. The van der Waals surface area contributed by atoms with Crippen LogP contribution in [0.2, 0.25) is 0 Å². The van der Waals surface area contributed by atoms with Gasteiger partial charge in [0.05, 0.1) is 9.75 Å². The Kier molecular flexibility index (Phi) is 3.28. The Morgan fingerprint density at radius 3 is 2.73 bits per heavy atom. The number of hydrogen-bond acceptors (Lipinski definition) is 4. The number of hydrogen-bond donors (Lipinski definition) is 0.